The molecule has 3 nitrogen and oxygen atoms in total. The summed E-state index contributed by atoms with van der Waals surface area (Å²) in [5.74, 6) is 1.22. The van der Waals surface area contributed by atoms with E-state index in [0.29, 0.717) is 16.2 Å². The Kier molecular flexibility index (Phi) is 4.22. The van der Waals surface area contributed by atoms with Gasteiger partial charge in [0.05, 0.1) is 4.90 Å². The van der Waals surface area contributed by atoms with Crippen LogP contribution in [0.3, 0.4) is 0 Å². The first kappa shape index (κ1) is 13.7. The minimum Gasteiger partial charge on any atom is -0.381 e. The van der Waals surface area contributed by atoms with Crippen molar-refractivity contribution in [2.75, 3.05) is 17.3 Å². The van der Waals surface area contributed by atoms with Gasteiger partial charge in [0.2, 0.25) is 0 Å². The molecule has 1 heterocycles. The SMILES string of the molecule is CC1SCCCC1Nc1cccc(S(C)(=O)=O)c1. The zero-order chi connectivity index (χ0) is 13.2. The third-order valence-corrected chi connectivity index (χ3v) is 5.71. The Bertz CT molecular complexity index is 513. The molecule has 2 unspecified atom stereocenters. The zero-order valence-corrected chi connectivity index (χ0v) is 12.4. The molecule has 1 aromatic carbocycles. The Morgan fingerprint density at radius 2 is 2.17 bits per heavy atom. The fourth-order valence-corrected chi connectivity index (χ4v) is 3.95. The monoisotopic (exact) mass is 285 g/mol. The lowest BCUT2D eigenvalue weighted by atomic mass is 10.1. The van der Waals surface area contributed by atoms with Crippen molar-refractivity contribution in [3.8, 4) is 0 Å². The number of hydrogen-bond donors (Lipinski definition) is 1. The molecule has 100 valence electrons. The maximum absolute atomic E-state index is 11.5. The van der Waals surface area contributed by atoms with Gasteiger partial charge < -0.3 is 5.32 Å². The molecular formula is C13H19NO2S2. The van der Waals surface area contributed by atoms with Crippen molar-refractivity contribution in [3.63, 3.8) is 0 Å². The lowest BCUT2D eigenvalue weighted by Gasteiger charge is -2.30. The van der Waals surface area contributed by atoms with E-state index < -0.39 is 9.84 Å². The van der Waals surface area contributed by atoms with Gasteiger partial charge in [-0.1, -0.05) is 13.0 Å². The second-order valence-corrected chi connectivity index (χ2v) is 8.27. The van der Waals surface area contributed by atoms with Crippen LogP contribution in [0.4, 0.5) is 5.69 Å². The molecule has 2 rings (SSSR count). The summed E-state index contributed by atoms with van der Waals surface area (Å²) < 4.78 is 23.0. The van der Waals surface area contributed by atoms with E-state index in [-0.39, 0.29) is 0 Å². The van der Waals surface area contributed by atoms with Crippen molar-refractivity contribution in [1.29, 1.82) is 0 Å². The standard InChI is InChI=1S/C13H19NO2S2/c1-10-13(7-4-8-17-10)14-11-5-3-6-12(9-11)18(2,15)16/h3,5-6,9-10,13-14H,4,7-8H2,1-2H3. The Morgan fingerprint density at radius 3 is 2.83 bits per heavy atom. The molecule has 1 aliphatic heterocycles. The smallest absolute Gasteiger partial charge is 0.175 e. The average molecular weight is 285 g/mol. The molecule has 0 aromatic heterocycles. The van der Waals surface area contributed by atoms with E-state index in [1.807, 2.05) is 17.8 Å². The second kappa shape index (κ2) is 5.53. The molecule has 1 aromatic rings. The molecule has 1 saturated heterocycles. The third kappa shape index (κ3) is 3.42. The number of hydrogen-bond acceptors (Lipinski definition) is 4. The van der Waals surface area contributed by atoms with Crippen molar-refractivity contribution in [2.45, 2.75) is 36.0 Å². The van der Waals surface area contributed by atoms with Crippen LogP contribution in [0, 0.1) is 0 Å². The van der Waals surface area contributed by atoms with Crippen LogP contribution in [0.25, 0.3) is 0 Å². The topological polar surface area (TPSA) is 46.2 Å². The van der Waals surface area contributed by atoms with Crippen LogP contribution in [0.2, 0.25) is 0 Å². The summed E-state index contributed by atoms with van der Waals surface area (Å²) in [6.45, 7) is 2.22. The van der Waals surface area contributed by atoms with E-state index in [1.54, 1.807) is 18.2 Å². The number of sulfone groups is 1. The summed E-state index contributed by atoms with van der Waals surface area (Å²) in [6.07, 6.45) is 3.61. The maximum Gasteiger partial charge on any atom is 0.175 e. The Labute approximate surface area is 113 Å². The highest BCUT2D eigenvalue weighted by atomic mass is 32.2. The van der Waals surface area contributed by atoms with Crippen molar-refractivity contribution < 1.29 is 8.42 Å². The zero-order valence-electron chi connectivity index (χ0n) is 10.7. The molecule has 5 heteroatoms. The first-order valence-electron chi connectivity index (χ1n) is 6.15. The second-order valence-electron chi connectivity index (χ2n) is 4.77. The summed E-state index contributed by atoms with van der Waals surface area (Å²) in [6, 6.07) is 7.51. The lowest BCUT2D eigenvalue weighted by Crippen LogP contribution is -2.32. The highest BCUT2D eigenvalue weighted by Crippen LogP contribution is 2.28. The van der Waals surface area contributed by atoms with Crippen LogP contribution in [0.5, 0.6) is 0 Å². The van der Waals surface area contributed by atoms with Gasteiger partial charge in [-0.15, -0.1) is 0 Å². The molecular weight excluding hydrogens is 266 g/mol. The molecule has 2 atom stereocenters. The molecule has 0 saturated carbocycles. The Hall–Kier alpha value is -0.680. The quantitative estimate of drug-likeness (QED) is 0.927. The van der Waals surface area contributed by atoms with E-state index in [2.05, 4.69) is 12.2 Å². The van der Waals surface area contributed by atoms with Gasteiger partial charge in [-0.05, 0) is 36.8 Å². The predicted molar refractivity (Wildman–Crippen MR) is 78.1 cm³/mol. The summed E-state index contributed by atoms with van der Waals surface area (Å²) in [5, 5.41) is 4.03. The minimum absolute atomic E-state index is 0.378. The van der Waals surface area contributed by atoms with E-state index in [1.165, 1.54) is 18.4 Å². The number of benzene rings is 1. The number of nitrogens with one attached hydrogen (secondary N) is 1. The van der Waals surface area contributed by atoms with Crippen molar-refractivity contribution in [1.82, 2.24) is 0 Å². The molecule has 0 amide bonds. The van der Waals surface area contributed by atoms with Crippen LogP contribution in [-0.2, 0) is 9.84 Å². The van der Waals surface area contributed by atoms with Gasteiger partial charge >= 0.3 is 0 Å². The number of thioether (sulfide) groups is 1. The van der Waals surface area contributed by atoms with Gasteiger partial charge in [-0.2, -0.15) is 11.8 Å². The molecule has 0 radical (unpaired) electrons. The first-order chi connectivity index (χ1) is 8.47. The summed E-state index contributed by atoms with van der Waals surface area (Å²) in [5.41, 5.74) is 0.900. The maximum atomic E-state index is 11.5. The van der Waals surface area contributed by atoms with Crippen LogP contribution in [0.15, 0.2) is 29.2 Å². The van der Waals surface area contributed by atoms with Crippen molar-refractivity contribution in [2.24, 2.45) is 0 Å². The summed E-state index contributed by atoms with van der Waals surface area (Å²) >= 11 is 1.97. The van der Waals surface area contributed by atoms with E-state index >= 15 is 0 Å². The van der Waals surface area contributed by atoms with Crippen molar-refractivity contribution in [3.05, 3.63) is 24.3 Å². The van der Waals surface area contributed by atoms with Gasteiger partial charge in [0.15, 0.2) is 9.84 Å². The third-order valence-electron chi connectivity index (χ3n) is 3.22. The van der Waals surface area contributed by atoms with Crippen molar-refractivity contribution >= 4 is 27.3 Å². The summed E-state index contributed by atoms with van der Waals surface area (Å²) in [4.78, 5) is 0.378. The Morgan fingerprint density at radius 1 is 1.39 bits per heavy atom. The van der Waals surface area contributed by atoms with E-state index in [4.69, 9.17) is 0 Å². The fourth-order valence-electron chi connectivity index (χ4n) is 2.14. The largest absolute Gasteiger partial charge is 0.381 e. The molecule has 0 spiro atoms. The van der Waals surface area contributed by atoms with Gasteiger partial charge in [0.25, 0.3) is 0 Å². The molecule has 1 aliphatic rings. The van der Waals surface area contributed by atoms with Crippen LogP contribution in [0.1, 0.15) is 19.8 Å². The minimum atomic E-state index is -3.12. The predicted octanol–water partition coefficient (Wildman–Crippen LogP) is 2.79. The lowest BCUT2D eigenvalue weighted by molar-refractivity contribution is 0.601. The van der Waals surface area contributed by atoms with Gasteiger partial charge in [0, 0.05) is 23.2 Å². The fraction of sp³-hybridized carbons (Fsp3) is 0.538. The Balaban J connectivity index is 2.14. The van der Waals surface area contributed by atoms with E-state index in [0.717, 1.165) is 12.1 Å². The summed E-state index contributed by atoms with van der Waals surface area (Å²) in [7, 11) is -3.12. The normalized spacial score (nSPS) is 24.8. The molecule has 1 N–H and O–H groups in total. The van der Waals surface area contributed by atoms with Gasteiger partial charge in [0.1, 0.15) is 0 Å². The highest BCUT2D eigenvalue weighted by molar-refractivity contribution is 8.00. The molecule has 0 aliphatic carbocycles. The molecule has 0 bridgehead atoms. The van der Waals surface area contributed by atoms with Crippen LogP contribution in [-0.4, -0.2) is 31.7 Å². The molecule has 18 heavy (non-hydrogen) atoms. The van der Waals surface area contributed by atoms with Gasteiger partial charge in [-0.25, -0.2) is 8.42 Å². The highest BCUT2D eigenvalue weighted by Gasteiger charge is 2.21. The average Bonchev–Trinajstić information content (AvgIpc) is 2.31. The van der Waals surface area contributed by atoms with Crippen LogP contribution >= 0.6 is 11.8 Å². The number of rotatable bonds is 3. The van der Waals surface area contributed by atoms with Gasteiger partial charge in [-0.3, -0.25) is 0 Å². The van der Waals surface area contributed by atoms with Crippen LogP contribution < -0.4 is 5.32 Å². The molecule has 1 fully saturated rings. The first-order valence-corrected chi connectivity index (χ1v) is 9.09. The number of anilines is 1. The van der Waals surface area contributed by atoms with E-state index in [9.17, 15) is 8.42 Å².